The van der Waals surface area contributed by atoms with Crippen LogP contribution in [0.1, 0.15) is 43.7 Å². The van der Waals surface area contributed by atoms with Gasteiger partial charge in [-0.05, 0) is 43.2 Å². The van der Waals surface area contributed by atoms with Crippen LogP contribution in [0.25, 0.3) is 0 Å². The van der Waals surface area contributed by atoms with E-state index < -0.39 is 0 Å². The quantitative estimate of drug-likeness (QED) is 0.413. The van der Waals surface area contributed by atoms with E-state index in [1.165, 1.54) is 23.1 Å². The van der Waals surface area contributed by atoms with Gasteiger partial charge in [-0.1, -0.05) is 91.4 Å². The molecule has 22 heavy (non-hydrogen) atoms. The molecule has 0 nitrogen and oxygen atoms in total. The van der Waals surface area contributed by atoms with Gasteiger partial charge in [-0.2, -0.15) is 0 Å². The summed E-state index contributed by atoms with van der Waals surface area (Å²) in [6.07, 6.45) is 10.4. The summed E-state index contributed by atoms with van der Waals surface area (Å²) in [6, 6.07) is 21.4. The van der Waals surface area contributed by atoms with E-state index in [-0.39, 0.29) is 0 Å². The Morgan fingerprint density at radius 2 is 1.59 bits per heavy atom. The van der Waals surface area contributed by atoms with Crippen LogP contribution in [0.4, 0.5) is 0 Å². The summed E-state index contributed by atoms with van der Waals surface area (Å²) in [6.45, 7) is 4.44. The van der Waals surface area contributed by atoms with Gasteiger partial charge in [0.25, 0.3) is 0 Å². The molecule has 2 rings (SSSR count). The highest BCUT2D eigenvalue weighted by Crippen LogP contribution is 2.18. The van der Waals surface area contributed by atoms with E-state index in [9.17, 15) is 0 Å². The van der Waals surface area contributed by atoms with Crippen molar-refractivity contribution in [1.29, 1.82) is 0 Å². The van der Waals surface area contributed by atoms with Crippen LogP contribution < -0.4 is 0 Å². The van der Waals surface area contributed by atoms with Crippen molar-refractivity contribution in [1.82, 2.24) is 0 Å². The maximum atomic E-state index is 2.34. The maximum Gasteiger partial charge on any atom is -0.000473 e. The molecule has 0 spiro atoms. The van der Waals surface area contributed by atoms with Crippen LogP contribution in [0.5, 0.6) is 0 Å². The summed E-state index contributed by atoms with van der Waals surface area (Å²) >= 11 is 0. The Hall–Kier alpha value is -2.08. The first-order chi connectivity index (χ1) is 10.8. The van der Waals surface area contributed by atoms with Gasteiger partial charge in [0.1, 0.15) is 0 Å². The van der Waals surface area contributed by atoms with Crippen molar-refractivity contribution in [2.24, 2.45) is 0 Å². The molecule has 0 aromatic heterocycles. The van der Waals surface area contributed by atoms with E-state index in [4.69, 9.17) is 0 Å². The third-order valence-corrected chi connectivity index (χ3v) is 3.90. The average Bonchev–Trinajstić information content (AvgIpc) is 2.56. The number of aryl methyl sites for hydroxylation is 1. The minimum absolute atomic E-state index is 0.468. The number of benzene rings is 2. The second-order valence-electron chi connectivity index (χ2n) is 5.89. The molecule has 0 heteroatoms. The maximum absolute atomic E-state index is 2.34. The van der Waals surface area contributed by atoms with Gasteiger partial charge >= 0.3 is 0 Å². The van der Waals surface area contributed by atoms with Crippen LogP contribution in [0.2, 0.25) is 0 Å². The molecule has 0 radical (unpaired) electrons. The van der Waals surface area contributed by atoms with Gasteiger partial charge in [-0.25, -0.2) is 0 Å². The molecule has 2 aromatic carbocycles. The van der Waals surface area contributed by atoms with Crippen molar-refractivity contribution in [3.8, 4) is 0 Å². The predicted molar refractivity (Wildman–Crippen MR) is 97.1 cm³/mol. The minimum Gasteiger partial charge on any atom is -0.0843 e. The summed E-state index contributed by atoms with van der Waals surface area (Å²) in [7, 11) is 0. The van der Waals surface area contributed by atoms with Gasteiger partial charge in [-0.3, -0.25) is 0 Å². The van der Waals surface area contributed by atoms with Gasteiger partial charge in [0.05, 0.1) is 0 Å². The lowest BCUT2D eigenvalue weighted by Crippen LogP contribution is -1.89. The van der Waals surface area contributed by atoms with Crippen molar-refractivity contribution < 1.29 is 0 Å². The first kappa shape index (κ1) is 16.3. The molecule has 114 valence electrons. The lowest BCUT2D eigenvalue weighted by Gasteiger charge is -2.07. The van der Waals surface area contributed by atoms with Crippen molar-refractivity contribution >= 4 is 0 Å². The normalized spacial score (nSPS) is 13.5. The summed E-state index contributed by atoms with van der Waals surface area (Å²) < 4.78 is 0. The van der Waals surface area contributed by atoms with Crippen LogP contribution in [0.3, 0.4) is 0 Å². The zero-order chi connectivity index (χ0) is 15.6. The molecule has 2 aromatic rings. The van der Waals surface area contributed by atoms with Gasteiger partial charge in [-0.15, -0.1) is 0 Å². The van der Waals surface area contributed by atoms with Gasteiger partial charge in [0.2, 0.25) is 0 Å². The molecule has 0 aliphatic rings. The molecule has 0 saturated heterocycles. The lowest BCUT2D eigenvalue weighted by atomic mass is 9.98. The number of hydrogen-bond donors (Lipinski definition) is 0. The number of unbranched alkanes of at least 4 members (excludes halogenated alkanes) is 1. The van der Waals surface area contributed by atoms with Crippen molar-refractivity contribution in [3.63, 3.8) is 0 Å². The Morgan fingerprint density at radius 1 is 0.955 bits per heavy atom. The van der Waals surface area contributed by atoms with E-state index in [1.54, 1.807) is 0 Å². The Morgan fingerprint density at radius 3 is 2.27 bits per heavy atom. The molecule has 0 bridgehead atoms. The fourth-order valence-corrected chi connectivity index (χ4v) is 2.64. The molecule has 0 fully saturated rings. The molecule has 1 atom stereocenters. The zero-order valence-electron chi connectivity index (χ0n) is 13.7. The predicted octanol–water partition coefficient (Wildman–Crippen LogP) is 6.32. The van der Waals surface area contributed by atoms with Crippen molar-refractivity contribution in [2.45, 2.75) is 39.0 Å². The standard InChI is InChI=1S/C22H26/c1-19(18-20(2)22-16-10-5-11-17-22)12-6-3-7-13-21-14-8-4-9-15-21/h4-6,8-12,14-18,20H,3,7,13H2,1-2H3/b12-6+,19-18-. The average molecular weight is 290 g/mol. The van der Waals surface area contributed by atoms with E-state index in [2.05, 4.69) is 92.7 Å². The molecule has 1 unspecified atom stereocenters. The zero-order valence-corrected chi connectivity index (χ0v) is 13.7. The van der Waals surface area contributed by atoms with Crippen molar-refractivity contribution in [3.05, 3.63) is 95.6 Å². The van der Waals surface area contributed by atoms with Crippen molar-refractivity contribution in [2.75, 3.05) is 0 Å². The summed E-state index contributed by atoms with van der Waals surface area (Å²) in [5.41, 5.74) is 4.15. The van der Waals surface area contributed by atoms with Crippen LogP contribution in [0, 0.1) is 0 Å². The number of rotatable bonds is 7. The smallest absolute Gasteiger partial charge is 0.000473 e. The first-order valence-electron chi connectivity index (χ1n) is 8.19. The Kier molecular flexibility index (Phi) is 6.70. The fourth-order valence-electron chi connectivity index (χ4n) is 2.64. The lowest BCUT2D eigenvalue weighted by molar-refractivity contribution is 0.842. The molecule has 0 N–H and O–H groups in total. The van der Waals surface area contributed by atoms with Gasteiger partial charge < -0.3 is 0 Å². The third-order valence-electron chi connectivity index (χ3n) is 3.90. The van der Waals surface area contributed by atoms with Gasteiger partial charge in [0.15, 0.2) is 0 Å². The van der Waals surface area contributed by atoms with E-state index in [1.807, 2.05) is 0 Å². The first-order valence-corrected chi connectivity index (χ1v) is 8.19. The minimum atomic E-state index is 0.468. The molecule has 0 aliphatic carbocycles. The number of allylic oxidation sites excluding steroid dienone is 4. The molecule has 0 heterocycles. The second kappa shape index (κ2) is 9.04. The Labute approximate surface area is 135 Å². The monoisotopic (exact) mass is 290 g/mol. The molecule has 0 amide bonds. The highest BCUT2D eigenvalue weighted by molar-refractivity contribution is 5.27. The molecule has 0 saturated carbocycles. The van der Waals surface area contributed by atoms with Crippen LogP contribution in [-0.2, 0) is 6.42 Å². The van der Waals surface area contributed by atoms with Gasteiger partial charge in [0, 0.05) is 0 Å². The molecular weight excluding hydrogens is 264 g/mol. The second-order valence-corrected chi connectivity index (χ2v) is 5.89. The Balaban J connectivity index is 1.76. The van der Waals surface area contributed by atoms with Crippen LogP contribution >= 0.6 is 0 Å². The summed E-state index contributed by atoms with van der Waals surface area (Å²) in [5.74, 6) is 0.468. The highest BCUT2D eigenvalue weighted by atomic mass is 14.0. The van der Waals surface area contributed by atoms with Crippen LogP contribution in [0.15, 0.2) is 84.5 Å². The molecule has 0 aliphatic heterocycles. The van der Waals surface area contributed by atoms with E-state index in [0.717, 1.165) is 12.8 Å². The van der Waals surface area contributed by atoms with E-state index in [0.29, 0.717) is 5.92 Å². The Bertz CT molecular complexity index is 590. The largest absolute Gasteiger partial charge is 0.0843 e. The number of hydrogen-bond acceptors (Lipinski definition) is 0. The SMILES string of the molecule is CC(=C/C(C)c1ccccc1)/C=C/CCCc1ccccc1. The van der Waals surface area contributed by atoms with E-state index >= 15 is 0 Å². The fraction of sp³-hybridized carbons (Fsp3) is 0.273. The topological polar surface area (TPSA) is 0 Å². The highest BCUT2D eigenvalue weighted by Gasteiger charge is 2.00. The summed E-state index contributed by atoms with van der Waals surface area (Å²) in [4.78, 5) is 0. The summed E-state index contributed by atoms with van der Waals surface area (Å²) in [5, 5.41) is 0. The molecular formula is C22H26. The third kappa shape index (κ3) is 5.73. The van der Waals surface area contributed by atoms with Crippen LogP contribution in [-0.4, -0.2) is 0 Å².